The molecule has 0 bridgehead atoms. The smallest absolute Gasteiger partial charge is 0.250 e. The minimum Gasteiger partial charge on any atom is -0.326 e. The molecule has 1 heterocycles. The van der Waals surface area contributed by atoms with Crippen molar-refractivity contribution in [2.75, 3.05) is 20.6 Å². The fourth-order valence-corrected chi connectivity index (χ4v) is 4.42. The zero-order valence-electron chi connectivity index (χ0n) is 11.9. The number of aryl methyl sites for hydroxylation is 1. The van der Waals surface area contributed by atoms with Crippen molar-refractivity contribution in [3.05, 3.63) is 16.5 Å². The van der Waals surface area contributed by atoms with Gasteiger partial charge in [0.15, 0.2) is 0 Å². The molecule has 5 nitrogen and oxygen atoms in total. The van der Waals surface area contributed by atoms with Gasteiger partial charge in [0.05, 0.1) is 0 Å². The van der Waals surface area contributed by atoms with Gasteiger partial charge in [-0.3, -0.25) is 0 Å². The maximum Gasteiger partial charge on any atom is 0.250 e. The molecule has 0 saturated carbocycles. The number of rotatable bonds is 7. The Labute approximate surface area is 119 Å². The molecule has 1 rings (SSSR count). The van der Waals surface area contributed by atoms with E-state index >= 15 is 0 Å². The zero-order chi connectivity index (χ0) is 14.6. The standard InChI is InChI=1S/C12H23N3O2S2/c1-9-7-12(18-11(9)8-13)19(16,17)14-10(2)5-6-15(3)4/h7,10,14H,5-6,8,13H2,1-4H3. The van der Waals surface area contributed by atoms with Gasteiger partial charge in [-0.05, 0) is 52.5 Å². The number of nitrogens with zero attached hydrogens (tertiary/aromatic N) is 1. The Hall–Kier alpha value is -0.470. The van der Waals surface area contributed by atoms with Crippen LogP contribution in [0.25, 0.3) is 0 Å². The van der Waals surface area contributed by atoms with E-state index in [9.17, 15) is 8.42 Å². The van der Waals surface area contributed by atoms with E-state index in [-0.39, 0.29) is 6.04 Å². The van der Waals surface area contributed by atoms with Crippen molar-refractivity contribution in [2.45, 2.75) is 37.1 Å². The highest BCUT2D eigenvalue weighted by Gasteiger charge is 2.20. The average Bonchev–Trinajstić information content (AvgIpc) is 2.68. The van der Waals surface area contributed by atoms with Crippen LogP contribution in [0.3, 0.4) is 0 Å². The largest absolute Gasteiger partial charge is 0.326 e. The quantitative estimate of drug-likeness (QED) is 0.792. The van der Waals surface area contributed by atoms with Crippen LogP contribution < -0.4 is 10.5 Å². The van der Waals surface area contributed by atoms with Crippen molar-refractivity contribution in [1.82, 2.24) is 9.62 Å². The summed E-state index contributed by atoms with van der Waals surface area (Å²) < 4.78 is 27.5. The van der Waals surface area contributed by atoms with Crippen LogP contribution >= 0.6 is 11.3 Å². The molecule has 0 radical (unpaired) electrons. The number of sulfonamides is 1. The molecule has 0 saturated heterocycles. The molecule has 7 heteroatoms. The molecule has 0 aliphatic heterocycles. The minimum atomic E-state index is -3.42. The first-order chi connectivity index (χ1) is 8.76. The Kier molecular flexibility index (Phi) is 5.94. The first-order valence-corrected chi connectivity index (χ1v) is 8.52. The van der Waals surface area contributed by atoms with Gasteiger partial charge in [-0.25, -0.2) is 13.1 Å². The molecule has 19 heavy (non-hydrogen) atoms. The van der Waals surface area contributed by atoms with Crippen molar-refractivity contribution in [3.8, 4) is 0 Å². The number of thiophene rings is 1. The summed E-state index contributed by atoms with van der Waals surface area (Å²) in [5.41, 5.74) is 6.52. The van der Waals surface area contributed by atoms with E-state index in [0.29, 0.717) is 10.8 Å². The van der Waals surface area contributed by atoms with Crippen molar-refractivity contribution in [2.24, 2.45) is 5.73 Å². The third kappa shape index (κ3) is 4.85. The molecule has 0 spiro atoms. The van der Waals surface area contributed by atoms with Crippen LogP contribution in [0.1, 0.15) is 23.8 Å². The Morgan fingerprint density at radius 1 is 1.47 bits per heavy atom. The molecule has 110 valence electrons. The highest BCUT2D eigenvalue weighted by Crippen LogP contribution is 2.25. The summed E-state index contributed by atoms with van der Waals surface area (Å²) in [7, 11) is 0.515. The Bertz CT molecular complexity index is 509. The summed E-state index contributed by atoms with van der Waals surface area (Å²) in [6.07, 6.45) is 0.778. The highest BCUT2D eigenvalue weighted by atomic mass is 32.2. The predicted molar refractivity (Wildman–Crippen MR) is 79.9 cm³/mol. The Morgan fingerprint density at radius 2 is 2.11 bits per heavy atom. The van der Waals surface area contributed by atoms with E-state index in [2.05, 4.69) is 4.72 Å². The van der Waals surface area contributed by atoms with E-state index < -0.39 is 10.0 Å². The van der Waals surface area contributed by atoms with Crippen LogP contribution in [0.2, 0.25) is 0 Å². The fourth-order valence-electron chi connectivity index (χ4n) is 1.66. The fraction of sp³-hybridized carbons (Fsp3) is 0.667. The Morgan fingerprint density at radius 3 is 2.58 bits per heavy atom. The molecule has 0 fully saturated rings. The van der Waals surface area contributed by atoms with Crippen molar-refractivity contribution in [3.63, 3.8) is 0 Å². The van der Waals surface area contributed by atoms with Gasteiger partial charge in [-0.15, -0.1) is 11.3 Å². The molecule has 0 amide bonds. The molecule has 0 aliphatic carbocycles. The summed E-state index contributed by atoms with van der Waals surface area (Å²) in [4.78, 5) is 2.95. The van der Waals surface area contributed by atoms with Gasteiger partial charge in [0.2, 0.25) is 10.0 Å². The topological polar surface area (TPSA) is 75.4 Å². The molecule has 3 N–H and O–H groups in total. The number of hydrogen-bond donors (Lipinski definition) is 2. The lowest BCUT2D eigenvalue weighted by Gasteiger charge is -2.16. The van der Waals surface area contributed by atoms with Gasteiger partial charge in [0, 0.05) is 17.5 Å². The summed E-state index contributed by atoms with van der Waals surface area (Å²) in [5, 5.41) is 0. The van der Waals surface area contributed by atoms with Crippen LogP contribution in [-0.4, -0.2) is 40.0 Å². The molecular formula is C12H23N3O2S2. The normalized spacial score (nSPS) is 14.0. The van der Waals surface area contributed by atoms with Crippen LogP contribution in [0.4, 0.5) is 0 Å². The van der Waals surface area contributed by atoms with Gasteiger partial charge >= 0.3 is 0 Å². The Balaban J connectivity index is 2.74. The van der Waals surface area contributed by atoms with Gasteiger partial charge in [0.25, 0.3) is 0 Å². The molecule has 1 atom stereocenters. The number of hydrogen-bond acceptors (Lipinski definition) is 5. The van der Waals surface area contributed by atoms with E-state index in [1.807, 2.05) is 32.8 Å². The zero-order valence-corrected chi connectivity index (χ0v) is 13.6. The van der Waals surface area contributed by atoms with Crippen LogP contribution in [0.15, 0.2) is 10.3 Å². The van der Waals surface area contributed by atoms with Gasteiger partial charge < -0.3 is 10.6 Å². The lowest BCUT2D eigenvalue weighted by molar-refractivity contribution is 0.379. The maximum absolute atomic E-state index is 12.2. The molecule has 1 aromatic heterocycles. The molecule has 1 unspecified atom stereocenters. The average molecular weight is 305 g/mol. The van der Waals surface area contributed by atoms with Crippen molar-refractivity contribution in [1.29, 1.82) is 0 Å². The number of nitrogens with two attached hydrogens (primary N) is 1. The summed E-state index contributed by atoms with van der Waals surface area (Å²) in [6, 6.07) is 1.60. The second-order valence-corrected chi connectivity index (χ2v) is 8.07. The van der Waals surface area contributed by atoms with E-state index in [1.165, 1.54) is 11.3 Å². The van der Waals surface area contributed by atoms with Crippen LogP contribution in [0.5, 0.6) is 0 Å². The van der Waals surface area contributed by atoms with Crippen molar-refractivity contribution < 1.29 is 8.42 Å². The summed E-state index contributed by atoms with van der Waals surface area (Å²) in [6.45, 7) is 4.99. The predicted octanol–water partition coefficient (Wildman–Crippen LogP) is 1.13. The molecule has 1 aromatic rings. The highest BCUT2D eigenvalue weighted by molar-refractivity contribution is 7.91. The second kappa shape index (κ2) is 6.81. The lowest BCUT2D eigenvalue weighted by atomic mass is 10.2. The van der Waals surface area contributed by atoms with E-state index in [0.717, 1.165) is 23.4 Å². The maximum atomic E-state index is 12.2. The summed E-state index contributed by atoms with van der Waals surface area (Å²) in [5.74, 6) is 0. The first-order valence-electron chi connectivity index (χ1n) is 6.22. The third-order valence-corrected chi connectivity index (χ3v) is 6.14. The van der Waals surface area contributed by atoms with Crippen LogP contribution in [0, 0.1) is 6.92 Å². The minimum absolute atomic E-state index is 0.0869. The summed E-state index contributed by atoms with van der Waals surface area (Å²) >= 11 is 1.25. The molecular weight excluding hydrogens is 282 g/mol. The second-order valence-electron chi connectivity index (χ2n) is 4.99. The first kappa shape index (κ1) is 16.6. The molecule has 0 aromatic carbocycles. The van der Waals surface area contributed by atoms with Gasteiger partial charge in [0.1, 0.15) is 4.21 Å². The molecule has 0 aliphatic rings. The monoisotopic (exact) mass is 305 g/mol. The lowest BCUT2D eigenvalue weighted by Crippen LogP contribution is -2.34. The van der Waals surface area contributed by atoms with Crippen molar-refractivity contribution >= 4 is 21.4 Å². The third-order valence-electron chi connectivity index (χ3n) is 2.81. The SMILES string of the molecule is Cc1cc(S(=O)(=O)NC(C)CCN(C)C)sc1CN. The van der Waals surface area contributed by atoms with Gasteiger partial charge in [-0.2, -0.15) is 0 Å². The van der Waals surface area contributed by atoms with E-state index in [1.54, 1.807) is 6.07 Å². The number of nitrogens with one attached hydrogen (secondary N) is 1. The van der Waals surface area contributed by atoms with Gasteiger partial charge in [-0.1, -0.05) is 0 Å². The van der Waals surface area contributed by atoms with Crippen LogP contribution in [-0.2, 0) is 16.6 Å². The van der Waals surface area contributed by atoms with E-state index in [4.69, 9.17) is 5.73 Å².